The van der Waals surface area contributed by atoms with Gasteiger partial charge in [0, 0.05) is 10.6 Å². The number of hydrazone groups is 1. The lowest BCUT2D eigenvalue weighted by atomic mass is 10.2. The summed E-state index contributed by atoms with van der Waals surface area (Å²) >= 11 is 5.90. The lowest BCUT2D eigenvalue weighted by molar-refractivity contribution is 0.426. The van der Waals surface area contributed by atoms with Crippen molar-refractivity contribution in [2.45, 2.75) is 0 Å². The quantitative estimate of drug-likeness (QED) is 0.661. The Morgan fingerprint density at radius 2 is 2.17 bits per heavy atom. The molecular formula is C11H8ClFN4O. The van der Waals surface area contributed by atoms with E-state index < -0.39 is 11.8 Å². The predicted octanol–water partition coefficient (Wildman–Crippen LogP) is 2.42. The van der Waals surface area contributed by atoms with Gasteiger partial charge in [0.05, 0.1) is 12.4 Å². The Balaban J connectivity index is 2.12. The molecule has 2 N–H and O–H groups in total. The van der Waals surface area contributed by atoms with Crippen molar-refractivity contribution < 1.29 is 9.50 Å². The summed E-state index contributed by atoms with van der Waals surface area (Å²) in [6.45, 7) is 0. The monoisotopic (exact) mass is 266 g/mol. The third kappa shape index (κ3) is 2.92. The second-order valence-corrected chi connectivity index (χ2v) is 3.67. The fourth-order valence-corrected chi connectivity index (χ4v) is 1.36. The Morgan fingerprint density at radius 3 is 2.94 bits per heavy atom. The van der Waals surface area contributed by atoms with Gasteiger partial charge in [0.1, 0.15) is 0 Å². The smallest absolute Gasteiger partial charge is 0.316 e. The first-order chi connectivity index (χ1) is 8.66. The number of aromatic nitrogens is 2. The Hall–Kier alpha value is -2.21. The zero-order valence-electron chi connectivity index (χ0n) is 9.01. The molecule has 2 aromatic rings. The average molecular weight is 267 g/mol. The molecule has 0 saturated heterocycles. The Bertz CT molecular complexity index is 591. The van der Waals surface area contributed by atoms with E-state index in [0.717, 1.165) is 6.20 Å². The van der Waals surface area contributed by atoms with E-state index in [4.69, 9.17) is 16.7 Å². The van der Waals surface area contributed by atoms with Crippen LogP contribution in [-0.4, -0.2) is 21.3 Å². The minimum Gasteiger partial charge on any atom is -0.479 e. The summed E-state index contributed by atoms with van der Waals surface area (Å²) in [5.41, 5.74) is 3.03. The lowest BCUT2D eigenvalue weighted by Gasteiger charge is -2.01. The number of nitrogens with one attached hydrogen (secondary N) is 1. The van der Waals surface area contributed by atoms with E-state index in [1.165, 1.54) is 6.21 Å². The van der Waals surface area contributed by atoms with Gasteiger partial charge in [0.25, 0.3) is 0 Å². The Kier molecular flexibility index (Phi) is 3.69. The molecule has 0 aliphatic rings. The first-order valence-corrected chi connectivity index (χ1v) is 5.30. The summed E-state index contributed by atoms with van der Waals surface area (Å²) in [5.74, 6) is -0.935. The largest absolute Gasteiger partial charge is 0.479 e. The summed E-state index contributed by atoms with van der Waals surface area (Å²) in [6, 6.07) is 6.51. The van der Waals surface area contributed by atoms with Gasteiger partial charge in [-0.15, -0.1) is 0 Å². The number of anilines is 1. The normalized spacial score (nSPS) is 10.8. The van der Waals surface area contributed by atoms with Crippen LogP contribution in [0.15, 0.2) is 35.6 Å². The molecule has 1 heterocycles. The van der Waals surface area contributed by atoms with Gasteiger partial charge in [-0.3, -0.25) is 5.43 Å². The molecule has 0 spiro atoms. The molecule has 0 saturated carbocycles. The third-order valence-corrected chi connectivity index (χ3v) is 2.35. The summed E-state index contributed by atoms with van der Waals surface area (Å²) in [7, 11) is 0. The van der Waals surface area contributed by atoms with Gasteiger partial charge in [0.15, 0.2) is 11.6 Å². The number of aromatic hydroxyl groups is 1. The van der Waals surface area contributed by atoms with Gasteiger partial charge in [-0.25, -0.2) is 9.37 Å². The third-order valence-electron chi connectivity index (χ3n) is 2.01. The van der Waals surface area contributed by atoms with Crippen LogP contribution in [0.1, 0.15) is 5.56 Å². The first-order valence-electron chi connectivity index (χ1n) is 4.92. The van der Waals surface area contributed by atoms with Crippen LogP contribution in [0.3, 0.4) is 0 Å². The van der Waals surface area contributed by atoms with Gasteiger partial charge in [-0.2, -0.15) is 10.1 Å². The van der Waals surface area contributed by atoms with E-state index in [-0.39, 0.29) is 5.82 Å². The number of hydrogen-bond acceptors (Lipinski definition) is 5. The minimum atomic E-state index is -0.718. The molecule has 0 bridgehead atoms. The summed E-state index contributed by atoms with van der Waals surface area (Å²) in [6.07, 6.45) is 2.26. The molecule has 0 unspecified atom stereocenters. The highest BCUT2D eigenvalue weighted by molar-refractivity contribution is 6.33. The van der Waals surface area contributed by atoms with Crippen LogP contribution < -0.4 is 5.43 Å². The maximum absolute atomic E-state index is 13.2. The van der Waals surface area contributed by atoms with Crippen LogP contribution >= 0.6 is 11.6 Å². The second kappa shape index (κ2) is 5.42. The lowest BCUT2D eigenvalue weighted by Crippen LogP contribution is -1.98. The molecule has 5 nitrogen and oxygen atoms in total. The summed E-state index contributed by atoms with van der Waals surface area (Å²) in [5, 5.41) is 13.3. The van der Waals surface area contributed by atoms with Crippen molar-refractivity contribution in [3.8, 4) is 6.01 Å². The molecule has 1 aromatic carbocycles. The molecule has 0 radical (unpaired) electrons. The van der Waals surface area contributed by atoms with Crippen molar-refractivity contribution >= 4 is 23.6 Å². The van der Waals surface area contributed by atoms with Gasteiger partial charge in [-0.1, -0.05) is 29.8 Å². The number of rotatable bonds is 3. The molecule has 0 aliphatic carbocycles. The zero-order valence-corrected chi connectivity index (χ0v) is 9.76. The fourth-order valence-electron chi connectivity index (χ4n) is 1.18. The van der Waals surface area contributed by atoms with Crippen LogP contribution in [0, 0.1) is 5.82 Å². The number of nitrogens with zero attached hydrogens (tertiary/aromatic N) is 3. The van der Waals surface area contributed by atoms with Gasteiger partial charge in [-0.05, 0) is 6.07 Å². The highest BCUT2D eigenvalue weighted by Gasteiger charge is 2.04. The number of halogens is 2. The van der Waals surface area contributed by atoms with E-state index in [2.05, 4.69) is 20.5 Å². The number of benzene rings is 1. The molecule has 0 amide bonds. The molecule has 0 fully saturated rings. The van der Waals surface area contributed by atoms with Crippen LogP contribution in [-0.2, 0) is 0 Å². The Morgan fingerprint density at radius 1 is 1.39 bits per heavy atom. The van der Waals surface area contributed by atoms with Crippen molar-refractivity contribution in [2.75, 3.05) is 5.43 Å². The standard InChI is InChI=1S/C11H8ClFN4O/c12-8-4-2-1-3-7(8)5-15-17-10-9(13)6-14-11(18)16-10/h1-6H,(H2,14,16,17,18)/b15-5+. The molecule has 0 atom stereocenters. The fraction of sp³-hybridized carbons (Fsp3) is 0. The van der Waals surface area contributed by atoms with Gasteiger partial charge >= 0.3 is 6.01 Å². The minimum absolute atomic E-state index is 0.217. The highest BCUT2D eigenvalue weighted by Crippen LogP contribution is 2.14. The average Bonchev–Trinajstić information content (AvgIpc) is 2.36. The molecule has 1 aromatic heterocycles. The molecular weight excluding hydrogens is 259 g/mol. The van der Waals surface area contributed by atoms with E-state index >= 15 is 0 Å². The van der Waals surface area contributed by atoms with E-state index in [9.17, 15) is 4.39 Å². The molecule has 2 rings (SSSR count). The summed E-state index contributed by atoms with van der Waals surface area (Å²) in [4.78, 5) is 6.71. The molecule has 18 heavy (non-hydrogen) atoms. The van der Waals surface area contributed by atoms with E-state index in [1.807, 2.05) is 0 Å². The van der Waals surface area contributed by atoms with E-state index in [0.29, 0.717) is 10.6 Å². The van der Waals surface area contributed by atoms with Crippen LogP contribution in [0.5, 0.6) is 6.01 Å². The SMILES string of the molecule is Oc1ncc(F)c(N/N=C/c2ccccc2Cl)n1. The van der Waals surface area contributed by atoms with Crippen molar-refractivity contribution in [1.29, 1.82) is 0 Å². The van der Waals surface area contributed by atoms with Crippen molar-refractivity contribution in [3.63, 3.8) is 0 Å². The van der Waals surface area contributed by atoms with Crippen LogP contribution in [0.25, 0.3) is 0 Å². The zero-order chi connectivity index (χ0) is 13.0. The van der Waals surface area contributed by atoms with Crippen molar-refractivity contribution in [3.05, 3.63) is 46.9 Å². The predicted molar refractivity (Wildman–Crippen MR) is 66.3 cm³/mol. The topological polar surface area (TPSA) is 70.4 Å². The van der Waals surface area contributed by atoms with Crippen LogP contribution in [0.4, 0.5) is 10.2 Å². The summed E-state index contributed by atoms with van der Waals surface area (Å²) < 4.78 is 13.2. The highest BCUT2D eigenvalue weighted by atomic mass is 35.5. The van der Waals surface area contributed by atoms with Gasteiger partial charge < -0.3 is 5.11 Å². The Labute approximate surface area is 107 Å². The van der Waals surface area contributed by atoms with Gasteiger partial charge in [0.2, 0.25) is 0 Å². The van der Waals surface area contributed by atoms with Crippen LogP contribution in [0.2, 0.25) is 5.02 Å². The van der Waals surface area contributed by atoms with Crippen molar-refractivity contribution in [1.82, 2.24) is 9.97 Å². The van der Waals surface area contributed by atoms with Crippen molar-refractivity contribution in [2.24, 2.45) is 5.10 Å². The maximum atomic E-state index is 13.2. The first kappa shape index (κ1) is 12.3. The second-order valence-electron chi connectivity index (χ2n) is 3.26. The maximum Gasteiger partial charge on any atom is 0.316 e. The molecule has 92 valence electrons. The molecule has 0 aliphatic heterocycles. The number of hydrogen-bond donors (Lipinski definition) is 2. The van der Waals surface area contributed by atoms with E-state index in [1.54, 1.807) is 24.3 Å². The molecule has 7 heteroatoms.